The van der Waals surface area contributed by atoms with E-state index in [9.17, 15) is 22.0 Å². The van der Waals surface area contributed by atoms with E-state index < -0.39 is 24.1 Å². The van der Waals surface area contributed by atoms with Crippen LogP contribution in [0.3, 0.4) is 0 Å². The van der Waals surface area contributed by atoms with Crippen LogP contribution in [0.15, 0.2) is 24.3 Å². The van der Waals surface area contributed by atoms with Gasteiger partial charge in [-0.25, -0.2) is 0 Å². The molecule has 1 atom stereocenters. The van der Waals surface area contributed by atoms with E-state index in [1.54, 1.807) is 18.2 Å². The van der Waals surface area contributed by atoms with Crippen molar-refractivity contribution in [2.75, 3.05) is 25.1 Å². The van der Waals surface area contributed by atoms with Gasteiger partial charge in [-0.1, -0.05) is 18.2 Å². The van der Waals surface area contributed by atoms with Crippen molar-refractivity contribution in [3.05, 3.63) is 29.8 Å². The number of hydrogen-bond acceptors (Lipinski definition) is 2. The third-order valence-corrected chi connectivity index (χ3v) is 4.00. The fourth-order valence-corrected chi connectivity index (χ4v) is 2.56. The molecule has 1 rings (SSSR count). The molecule has 132 valence electrons. The highest BCUT2D eigenvalue weighted by molar-refractivity contribution is 5.56. The Hall–Kier alpha value is -1.37. The Bertz CT molecular complexity index is 513. The van der Waals surface area contributed by atoms with E-state index in [1.165, 1.54) is 13.0 Å². The predicted octanol–water partition coefficient (Wildman–Crippen LogP) is 4.98. The number of ether oxygens (including phenoxy) is 1. The largest absolute Gasteiger partial charge is 0.453 e. The number of alkyl halides is 5. The second-order valence-corrected chi connectivity index (χ2v) is 5.50. The summed E-state index contributed by atoms with van der Waals surface area (Å²) in [5.41, 5.74) is -0.854. The van der Waals surface area contributed by atoms with Gasteiger partial charge >= 0.3 is 12.1 Å². The fourth-order valence-electron chi connectivity index (χ4n) is 2.56. The maximum Gasteiger partial charge on any atom is 0.453 e. The summed E-state index contributed by atoms with van der Waals surface area (Å²) >= 11 is 0. The van der Waals surface area contributed by atoms with Crippen LogP contribution in [0.1, 0.15) is 32.8 Å². The lowest BCUT2D eigenvalue weighted by Crippen LogP contribution is -2.44. The molecule has 0 fully saturated rings. The minimum Gasteiger partial charge on any atom is -0.374 e. The van der Waals surface area contributed by atoms with Crippen LogP contribution in [0.25, 0.3) is 0 Å². The molecule has 2 nitrogen and oxygen atoms in total. The van der Waals surface area contributed by atoms with Gasteiger partial charge in [0.15, 0.2) is 0 Å². The molecular formula is C16H22F5NO. The van der Waals surface area contributed by atoms with Gasteiger partial charge in [-0.15, -0.1) is 0 Å². The maximum absolute atomic E-state index is 13.6. The molecule has 0 N–H and O–H groups in total. The summed E-state index contributed by atoms with van der Waals surface area (Å²) in [6, 6.07) is 6.55. The SMILES string of the molecule is CCN(CC)c1ccccc1C(C)(CC(F)(F)C(F)(F)F)OC. The van der Waals surface area contributed by atoms with Crippen molar-refractivity contribution in [1.82, 2.24) is 0 Å². The molecule has 0 aromatic heterocycles. The van der Waals surface area contributed by atoms with E-state index in [4.69, 9.17) is 4.74 Å². The first-order valence-electron chi connectivity index (χ1n) is 7.36. The monoisotopic (exact) mass is 339 g/mol. The predicted molar refractivity (Wildman–Crippen MR) is 80.0 cm³/mol. The van der Waals surface area contributed by atoms with Gasteiger partial charge in [0, 0.05) is 31.5 Å². The number of methoxy groups -OCH3 is 1. The van der Waals surface area contributed by atoms with Gasteiger partial charge in [0.1, 0.15) is 0 Å². The van der Waals surface area contributed by atoms with E-state index in [2.05, 4.69) is 0 Å². The number of benzene rings is 1. The summed E-state index contributed by atoms with van der Waals surface area (Å²) in [6.45, 7) is 6.23. The van der Waals surface area contributed by atoms with Crippen LogP contribution >= 0.6 is 0 Å². The Morgan fingerprint density at radius 2 is 1.52 bits per heavy atom. The van der Waals surface area contributed by atoms with Crippen molar-refractivity contribution in [3.63, 3.8) is 0 Å². The first-order valence-corrected chi connectivity index (χ1v) is 7.36. The van der Waals surface area contributed by atoms with Crippen molar-refractivity contribution in [2.45, 2.75) is 44.9 Å². The number of nitrogens with zero attached hydrogens (tertiary/aromatic N) is 1. The van der Waals surface area contributed by atoms with Crippen LogP contribution in [-0.2, 0) is 10.3 Å². The molecule has 1 unspecified atom stereocenters. The lowest BCUT2D eigenvalue weighted by atomic mass is 9.87. The standard InChI is InChI=1S/C16H22F5NO/c1-5-22(6-2)13-10-8-7-9-12(13)14(3,23-4)11-15(17,18)16(19,20)21/h7-10H,5-6,11H2,1-4H3. The van der Waals surface area contributed by atoms with Gasteiger partial charge in [0.05, 0.1) is 12.0 Å². The van der Waals surface area contributed by atoms with E-state index in [1.807, 2.05) is 18.7 Å². The Balaban J connectivity index is 3.34. The highest BCUT2D eigenvalue weighted by atomic mass is 19.4. The van der Waals surface area contributed by atoms with Gasteiger partial charge in [0.25, 0.3) is 0 Å². The fraction of sp³-hybridized carbons (Fsp3) is 0.625. The van der Waals surface area contributed by atoms with E-state index in [0.717, 1.165) is 7.11 Å². The molecule has 0 aliphatic heterocycles. The molecule has 7 heteroatoms. The number of rotatable bonds is 7. The summed E-state index contributed by atoms with van der Waals surface area (Å²) in [6.07, 6.45) is -7.09. The van der Waals surface area contributed by atoms with E-state index >= 15 is 0 Å². The second-order valence-electron chi connectivity index (χ2n) is 5.50. The van der Waals surface area contributed by atoms with E-state index in [-0.39, 0.29) is 0 Å². The molecule has 0 aliphatic rings. The highest BCUT2D eigenvalue weighted by Gasteiger charge is 2.60. The first kappa shape index (κ1) is 19.7. The normalized spacial score (nSPS) is 15.3. The van der Waals surface area contributed by atoms with Crippen molar-refractivity contribution in [2.24, 2.45) is 0 Å². The van der Waals surface area contributed by atoms with Gasteiger partial charge in [0.2, 0.25) is 0 Å². The molecule has 0 bridgehead atoms. The lowest BCUT2D eigenvalue weighted by molar-refractivity contribution is -0.298. The molecule has 23 heavy (non-hydrogen) atoms. The van der Waals surface area contributed by atoms with Crippen LogP contribution in [0, 0.1) is 0 Å². The molecule has 0 amide bonds. The minimum absolute atomic E-state index is 0.315. The number of anilines is 1. The smallest absolute Gasteiger partial charge is 0.374 e. The van der Waals surface area contributed by atoms with Gasteiger partial charge in [-0.05, 0) is 26.8 Å². The van der Waals surface area contributed by atoms with Crippen molar-refractivity contribution in [1.29, 1.82) is 0 Å². The number of halogens is 5. The van der Waals surface area contributed by atoms with Crippen LogP contribution in [0.2, 0.25) is 0 Å². The zero-order valence-corrected chi connectivity index (χ0v) is 13.7. The summed E-state index contributed by atoms with van der Waals surface area (Å²) in [5.74, 6) is -4.84. The molecule has 0 spiro atoms. The third kappa shape index (κ3) is 4.13. The molecule has 0 radical (unpaired) electrons. The Morgan fingerprint density at radius 1 is 1.00 bits per heavy atom. The average Bonchev–Trinajstić information content (AvgIpc) is 2.47. The lowest BCUT2D eigenvalue weighted by Gasteiger charge is -2.36. The quantitative estimate of drug-likeness (QED) is 0.650. The van der Waals surface area contributed by atoms with Crippen molar-refractivity contribution >= 4 is 5.69 Å². The molecule has 1 aromatic carbocycles. The molecule has 0 saturated heterocycles. The van der Waals surface area contributed by atoms with E-state index in [0.29, 0.717) is 24.3 Å². The van der Waals surface area contributed by atoms with Gasteiger partial charge in [-0.2, -0.15) is 22.0 Å². The first-order chi connectivity index (χ1) is 10.5. The van der Waals surface area contributed by atoms with Crippen LogP contribution < -0.4 is 4.90 Å². The zero-order chi connectivity index (χ0) is 17.9. The Labute approximate surface area is 133 Å². The maximum atomic E-state index is 13.6. The number of para-hydroxylation sites is 1. The molecule has 0 aliphatic carbocycles. The second kappa shape index (κ2) is 7.03. The van der Waals surface area contributed by atoms with Crippen LogP contribution in [0.5, 0.6) is 0 Å². The van der Waals surface area contributed by atoms with Crippen molar-refractivity contribution in [3.8, 4) is 0 Å². The van der Waals surface area contributed by atoms with Gasteiger partial charge < -0.3 is 9.64 Å². The molecule has 1 aromatic rings. The number of hydrogen-bond donors (Lipinski definition) is 0. The molecule has 0 saturated carbocycles. The van der Waals surface area contributed by atoms with Crippen molar-refractivity contribution < 1.29 is 26.7 Å². The minimum atomic E-state index is -5.61. The van der Waals surface area contributed by atoms with Crippen LogP contribution in [0.4, 0.5) is 27.6 Å². The summed E-state index contributed by atoms with van der Waals surface area (Å²) in [5, 5.41) is 0. The average molecular weight is 339 g/mol. The zero-order valence-electron chi connectivity index (χ0n) is 13.7. The summed E-state index contributed by atoms with van der Waals surface area (Å²) in [7, 11) is 1.14. The summed E-state index contributed by atoms with van der Waals surface area (Å²) in [4.78, 5) is 1.89. The molecule has 0 heterocycles. The summed E-state index contributed by atoms with van der Waals surface area (Å²) < 4.78 is 70.1. The molecular weight excluding hydrogens is 317 g/mol. The Morgan fingerprint density at radius 3 is 1.96 bits per heavy atom. The van der Waals surface area contributed by atoms with Crippen LogP contribution in [-0.4, -0.2) is 32.3 Å². The third-order valence-electron chi connectivity index (χ3n) is 4.00. The Kier molecular flexibility index (Phi) is 6.01. The topological polar surface area (TPSA) is 12.5 Å². The van der Waals surface area contributed by atoms with Gasteiger partial charge in [-0.3, -0.25) is 0 Å². The highest BCUT2D eigenvalue weighted by Crippen LogP contribution is 2.46.